The second kappa shape index (κ2) is 8.16. The van der Waals surface area contributed by atoms with Crippen LogP contribution in [0.4, 0.5) is 10.1 Å². The molecule has 31 heavy (non-hydrogen) atoms. The van der Waals surface area contributed by atoms with E-state index in [0.717, 1.165) is 5.56 Å². The van der Waals surface area contributed by atoms with E-state index >= 15 is 0 Å². The zero-order valence-electron chi connectivity index (χ0n) is 17.1. The van der Waals surface area contributed by atoms with Crippen LogP contribution in [0.25, 0.3) is 22.0 Å². The third-order valence-electron chi connectivity index (χ3n) is 4.98. The molecule has 2 aromatic heterocycles. The van der Waals surface area contributed by atoms with Gasteiger partial charge in [0.2, 0.25) is 0 Å². The first-order chi connectivity index (χ1) is 14.8. The number of hydrogen-bond acceptors (Lipinski definition) is 5. The Morgan fingerprint density at radius 2 is 1.77 bits per heavy atom. The Morgan fingerprint density at radius 1 is 1.10 bits per heavy atom. The molecule has 0 radical (unpaired) electrons. The van der Waals surface area contributed by atoms with Gasteiger partial charge in [-0.05, 0) is 61.5 Å². The third-order valence-corrected chi connectivity index (χ3v) is 7.35. The molecule has 0 unspecified atom stereocenters. The van der Waals surface area contributed by atoms with Crippen LogP contribution in [-0.4, -0.2) is 25.1 Å². The van der Waals surface area contributed by atoms with Crippen LogP contribution in [0.5, 0.6) is 5.75 Å². The van der Waals surface area contributed by atoms with Crippen molar-refractivity contribution in [2.75, 3.05) is 11.8 Å². The summed E-state index contributed by atoms with van der Waals surface area (Å²) in [5, 5.41) is 2.55. The molecule has 1 N–H and O–H groups in total. The summed E-state index contributed by atoms with van der Waals surface area (Å²) in [5.74, 6) is 0.332. The van der Waals surface area contributed by atoms with Crippen LogP contribution in [0, 0.1) is 12.7 Å². The molecule has 0 amide bonds. The number of aromatic nitrogens is 2. The van der Waals surface area contributed by atoms with Gasteiger partial charge < -0.3 is 9.30 Å². The van der Waals surface area contributed by atoms with Crippen molar-refractivity contribution in [2.45, 2.75) is 11.8 Å². The lowest BCUT2D eigenvalue weighted by Gasteiger charge is -2.09. The Kier molecular flexibility index (Phi) is 5.55. The average Bonchev–Trinajstić information content (AvgIpc) is 3.35. The number of halogens is 1. The van der Waals surface area contributed by atoms with E-state index in [1.54, 1.807) is 68.1 Å². The van der Waals surface area contributed by atoms with E-state index in [1.807, 2.05) is 5.38 Å². The summed E-state index contributed by atoms with van der Waals surface area (Å²) in [7, 11) is -0.448. The Labute approximate surface area is 184 Å². The topological polar surface area (TPSA) is 73.2 Å². The summed E-state index contributed by atoms with van der Waals surface area (Å²) in [4.78, 5) is 4.81. The molecule has 0 aliphatic heterocycles. The second-order valence-corrected chi connectivity index (χ2v) is 9.43. The van der Waals surface area contributed by atoms with Gasteiger partial charge in [-0.3, -0.25) is 4.72 Å². The highest BCUT2D eigenvalue weighted by molar-refractivity contribution is 7.92. The van der Waals surface area contributed by atoms with Gasteiger partial charge >= 0.3 is 0 Å². The number of anilines is 1. The van der Waals surface area contributed by atoms with Crippen LogP contribution < -0.4 is 9.46 Å². The second-order valence-electron chi connectivity index (χ2n) is 6.92. The molecule has 6 nitrogen and oxygen atoms in total. The molecule has 0 fully saturated rings. The van der Waals surface area contributed by atoms with E-state index in [2.05, 4.69) is 9.71 Å². The summed E-state index contributed by atoms with van der Waals surface area (Å²) in [6, 6.07) is 14.4. The van der Waals surface area contributed by atoms with Gasteiger partial charge in [0.15, 0.2) is 0 Å². The molecular formula is C22H20FN3O3S2. The van der Waals surface area contributed by atoms with Crippen LogP contribution in [0.15, 0.2) is 64.9 Å². The van der Waals surface area contributed by atoms with Crippen LogP contribution in [0.2, 0.25) is 0 Å². The van der Waals surface area contributed by atoms with E-state index in [9.17, 15) is 12.8 Å². The molecule has 0 spiro atoms. The van der Waals surface area contributed by atoms with E-state index in [-0.39, 0.29) is 10.7 Å². The fourth-order valence-electron chi connectivity index (χ4n) is 3.16. The van der Waals surface area contributed by atoms with Crippen molar-refractivity contribution in [1.82, 2.24) is 9.55 Å². The molecule has 0 saturated heterocycles. The Morgan fingerprint density at radius 3 is 2.42 bits per heavy atom. The summed E-state index contributed by atoms with van der Waals surface area (Å²) < 4.78 is 48.7. The number of nitrogens with zero attached hydrogens (tertiary/aromatic N) is 2. The minimum atomic E-state index is -3.80. The molecule has 0 aliphatic carbocycles. The number of benzene rings is 2. The monoisotopic (exact) mass is 457 g/mol. The Bertz CT molecular complexity index is 1330. The molecule has 0 saturated carbocycles. The number of ether oxygens (including phenoxy) is 1. The quantitative estimate of drug-likeness (QED) is 0.439. The number of rotatable bonds is 6. The highest BCUT2D eigenvalue weighted by Gasteiger charge is 2.23. The van der Waals surface area contributed by atoms with Gasteiger partial charge in [0, 0.05) is 29.4 Å². The molecule has 9 heteroatoms. The number of nitrogens with one attached hydrogen (secondary N) is 1. The van der Waals surface area contributed by atoms with Crippen LogP contribution >= 0.6 is 11.3 Å². The molecule has 2 aromatic carbocycles. The van der Waals surface area contributed by atoms with E-state index < -0.39 is 10.0 Å². The zero-order chi connectivity index (χ0) is 22.2. The van der Waals surface area contributed by atoms with E-state index in [1.165, 1.54) is 23.5 Å². The van der Waals surface area contributed by atoms with E-state index in [4.69, 9.17) is 4.74 Å². The molecule has 4 rings (SSSR count). The first kappa shape index (κ1) is 21.1. The molecule has 160 valence electrons. The maximum atomic E-state index is 13.2. The molecular weight excluding hydrogens is 437 g/mol. The van der Waals surface area contributed by atoms with Crippen molar-refractivity contribution in [2.24, 2.45) is 7.05 Å². The maximum Gasteiger partial charge on any atom is 0.263 e. The van der Waals surface area contributed by atoms with Crippen molar-refractivity contribution in [3.05, 3.63) is 71.5 Å². The minimum absolute atomic E-state index is 0.180. The Balaban J connectivity index is 1.65. The normalized spacial score (nSPS) is 11.5. The van der Waals surface area contributed by atoms with Crippen molar-refractivity contribution < 1.29 is 17.5 Å². The zero-order valence-corrected chi connectivity index (χ0v) is 18.7. The number of thiazole rings is 1. The van der Waals surface area contributed by atoms with Gasteiger partial charge in [0.1, 0.15) is 21.5 Å². The molecule has 4 aromatic rings. The standard InChI is InChI=1S/C22H20FN3O3S2/c1-14-21(31(27,28)25-17-8-10-18(29-3)11-9-17)12-20(26(14)2)22-24-19(13-30-22)15-4-6-16(23)7-5-15/h4-13,25H,1-3H3. The fraction of sp³-hybridized carbons (Fsp3) is 0.136. The lowest BCUT2D eigenvalue weighted by atomic mass is 10.2. The van der Waals surface area contributed by atoms with Gasteiger partial charge in [0.25, 0.3) is 10.0 Å². The molecule has 0 atom stereocenters. The van der Waals surface area contributed by atoms with Crippen LogP contribution in [0.3, 0.4) is 0 Å². The SMILES string of the molecule is COc1ccc(NS(=O)(=O)c2cc(-c3nc(-c4ccc(F)cc4)cs3)n(C)c2C)cc1. The minimum Gasteiger partial charge on any atom is -0.497 e. The fourth-order valence-corrected chi connectivity index (χ4v) is 5.39. The van der Waals surface area contributed by atoms with Gasteiger partial charge in [0.05, 0.1) is 18.5 Å². The number of methoxy groups -OCH3 is 1. The highest BCUT2D eigenvalue weighted by atomic mass is 32.2. The number of hydrogen-bond donors (Lipinski definition) is 1. The van der Waals surface area contributed by atoms with Gasteiger partial charge in [-0.2, -0.15) is 0 Å². The van der Waals surface area contributed by atoms with Crippen molar-refractivity contribution >= 4 is 27.0 Å². The maximum absolute atomic E-state index is 13.2. The lowest BCUT2D eigenvalue weighted by Crippen LogP contribution is -2.13. The first-order valence-corrected chi connectivity index (χ1v) is 11.7. The van der Waals surface area contributed by atoms with Crippen molar-refractivity contribution in [3.63, 3.8) is 0 Å². The molecule has 2 heterocycles. The molecule has 0 aliphatic rings. The number of sulfonamides is 1. The summed E-state index contributed by atoms with van der Waals surface area (Å²) >= 11 is 1.40. The smallest absolute Gasteiger partial charge is 0.263 e. The van der Waals surface area contributed by atoms with Crippen molar-refractivity contribution in [1.29, 1.82) is 0 Å². The van der Waals surface area contributed by atoms with Crippen molar-refractivity contribution in [3.8, 4) is 27.7 Å². The predicted octanol–water partition coefficient (Wildman–Crippen LogP) is 5.07. The first-order valence-electron chi connectivity index (χ1n) is 9.33. The average molecular weight is 458 g/mol. The lowest BCUT2D eigenvalue weighted by molar-refractivity contribution is 0.415. The summed E-state index contributed by atoms with van der Waals surface area (Å²) in [6.45, 7) is 1.75. The predicted molar refractivity (Wildman–Crippen MR) is 120 cm³/mol. The molecule has 0 bridgehead atoms. The largest absolute Gasteiger partial charge is 0.497 e. The summed E-state index contributed by atoms with van der Waals surface area (Å²) in [6.07, 6.45) is 0. The van der Waals surface area contributed by atoms with E-state index in [0.29, 0.717) is 33.5 Å². The van der Waals surface area contributed by atoms with Crippen LogP contribution in [0.1, 0.15) is 5.69 Å². The van der Waals surface area contributed by atoms with Gasteiger partial charge in [-0.25, -0.2) is 17.8 Å². The summed E-state index contributed by atoms with van der Waals surface area (Å²) in [5.41, 5.74) is 3.22. The van der Waals surface area contributed by atoms with Gasteiger partial charge in [-0.1, -0.05) is 0 Å². The van der Waals surface area contributed by atoms with Crippen LogP contribution in [-0.2, 0) is 17.1 Å². The third kappa shape index (κ3) is 4.19. The van der Waals surface area contributed by atoms with Gasteiger partial charge in [-0.15, -0.1) is 11.3 Å². The Hall–Kier alpha value is -3.17. The highest BCUT2D eigenvalue weighted by Crippen LogP contribution is 2.33.